The summed E-state index contributed by atoms with van der Waals surface area (Å²) < 4.78 is 6.90. The van der Waals surface area contributed by atoms with Gasteiger partial charge in [-0.1, -0.05) is 6.42 Å². The summed E-state index contributed by atoms with van der Waals surface area (Å²) in [4.78, 5) is 55.4. The van der Waals surface area contributed by atoms with Gasteiger partial charge in [0.1, 0.15) is 10.8 Å². The standard InChI is InChI=1S/C24H24N4O5S/c25-21(30)20-15-5-4-6-17(15)34-22(20)27-19(29)12-33-24(32)13-8-9-14-16(11-13)26-18-7-2-1-3-10-28(18)23(14)31/h8-9,11H,1-7,10,12H2,(H2,25,30)(H,27,29). The van der Waals surface area contributed by atoms with Gasteiger partial charge in [0.2, 0.25) is 0 Å². The number of hydrogen-bond acceptors (Lipinski definition) is 7. The van der Waals surface area contributed by atoms with Gasteiger partial charge < -0.3 is 15.8 Å². The number of hydrogen-bond donors (Lipinski definition) is 2. The Balaban J connectivity index is 1.29. The van der Waals surface area contributed by atoms with Crippen molar-refractivity contribution < 1.29 is 19.1 Å². The van der Waals surface area contributed by atoms with Crippen molar-refractivity contribution in [3.63, 3.8) is 0 Å². The van der Waals surface area contributed by atoms with Crippen molar-refractivity contribution in [3.05, 3.63) is 55.9 Å². The van der Waals surface area contributed by atoms with E-state index in [9.17, 15) is 19.2 Å². The van der Waals surface area contributed by atoms with E-state index in [0.29, 0.717) is 28.0 Å². The molecule has 0 bridgehead atoms. The van der Waals surface area contributed by atoms with Gasteiger partial charge in [-0.2, -0.15) is 0 Å². The highest BCUT2D eigenvalue weighted by Gasteiger charge is 2.26. The number of ether oxygens (including phenoxy) is 1. The molecule has 0 atom stereocenters. The van der Waals surface area contributed by atoms with Crippen LogP contribution in [0.25, 0.3) is 10.9 Å². The van der Waals surface area contributed by atoms with Crippen molar-refractivity contribution in [2.45, 2.75) is 51.5 Å². The Morgan fingerprint density at radius 3 is 2.79 bits per heavy atom. The Labute approximate surface area is 198 Å². The van der Waals surface area contributed by atoms with Crippen molar-refractivity contribution in [1.29, 1.82) is 0 Å². The third-order valence-electron chi connectivity index (χ3n) is 6.31. The first kappa shape index (κ1) is 22.3. The summed E-state index contributed by atoms with van der Waals surface area (Å²) in [5, 5.41) is 3.50. The zero-order valence-corrected chi connectivity index (χ0v) is 19.3. The number of carbonyl (C=O) groups excluding carboxylic acids is 3. The van der Waals surface area contributed by atoms with Gasteiger partial charge in [0, 0.05) is 17.8 Å². The summed E-state index contributed by atoms with van der Waals surface area (Å²) in [7, 11) is 0. The quantitative estimate of drug-likeness (QED) is 0.539. The molecule has 3 N–H and O–H groups in total. The van der Waals surface area contributed by atoms with Crippen LogP contribution in [0.4, 0.5) is 5.00 Å². The number of esters is 1. The number of aryl methyl sites for hydroxylation is 2. The monoisotopic (exact) mass is 480 g/mol. The van der Waals surface area contributed by atoms with Crippen LogP contribution in [0.3, 0.4) is 0 Å². The highest BCUT2D eigenvalue weighted by Crippen LogP contribution is 2.38. The summed E-state index contributed by atoms with van der Waals surface area (Å²) in [6.45, 7) is 0.138. The summed E-state index contributed by atoms with van der Waals surface area (Å²) in [5.41, 5.74) is 7.32. The molecule has 0 unspecified atom stereocenters. The number of aromatic nitrogens is 2. The number of carbonyl (C=O) groups is 3. The lowest BCUT2D eigenvalue weighted by Crippen LogP contribution is -2.25. The van der Waals surface area contributed by atoms with E-state index in [2.05, 4.69) is 10.3 Å². The molecular weight excluding hydrogens is 456 g/mol. The van der Waals surface area contributed by atoms with Crippen LogP contribution in [-0.4, -0.2) is 33.9 Å². The lowest BCUT2D eigenvalue weighted by molar-refractivity contribution is -0.119. The topological polar surface area (TPSA) is 133 Å². The number of nitrogens with one attached hydrogen (secondary N) is 1. The number of amides is 2. The summed E-state index contributed by atoms with van der Waals surface area (Å²) in [6, 6.07) is 4.61. The highest BCUT2D eigenvalue weighted by atomic mass is 32.1. The van der Waals surface area contributed by atoms with E-state index in [1.165, 1.54) is 23.5 Å². The normalized spacial score (nSPS) is 14.8. The number of rotatable bonds is 5. The van der Waals surface area contributed by atoms with E-state index < -0.39 is 24.4 Å². The minimum absolute atomic E-state index is 0.103. The Bertz CT molecular complexity index is 1390. The van der Waals surface area contributed by atoms with Crippen LogP contribution in [0.1, 0.15) is 62.7 Å². The maximum Gasteiger partial charge on any atom is 0.338 e. The third kappa shape index (κ3) is 4.09. The fourth-order valence-corrected chi connectivity index (χ4v) is 5.99. The maximum atomic E-state index is 12.8. The predicted octanol–water partition coefficient (Wildman–Crippen LogP) is 2.57. The molecule has 2 aromatic heterocycles. The number of nitrogens with zero attached hydrogens (tertiary/aromatic N) is 2. The minimum Gasteiger partial charge on any atom is -0.452 e. The molecule has 1 aliphatic heterocycles. The molecule has 10 heteroatoms. The Morgan fingerprint density at radius 1 is 1.12 bits per heavy atom. The van der Waals surface area contributed by atoms with Gasteiger partial charge >= 0.3 is 5.97 Å². The van der Waals surface area contributed by atoms with Gasteiger partial charge in [-0.3, -0.25) is 19.0 Å². The molecule has 2 aliphatic rings. The molecule has 0 radical (unpaired) electrons. The Morgan fingerprint density at radius 2 is 1.97 bits per heavy atom. The Hall–Kier alpha value is -3.53. The molecule has 9 nitrogen and oxygen atoms in total. The number of primary amides is 1. The maximum absolute atomic E-state index is 12.8. The number of benzene rings is 1. The molecule has 176 valence electrons. The molecule has 0 fully saturated rings. The van der Waals surface area contributed by atoms with E-state index >= 15 is 0 Å². The first-order valence-electron chi connectivity index (χ1n) is 11.4. The van der Waals surface area contributed by atoms with Crippen LogP contribution in [-0.2, 0) is 35.3 Å². The van der Waals surface area contributed by atoms with Crippen molar-refractivity contribution in [1.82, 2.24) is 9.55 Å². The van der Waals surface area contributed by atoms with E-state index in [1.807, 2.05) is 0 Å². The average Bonchev–Trinajstić information content (AvgIpc) is 3.30. The van der Waals surface area contributed by atoms with E-state index in [0.717, 1.165) is 61.2 Å². The van der Waals surface area contributed by atoms with Gasteiger partial charge in [-0.25, -0.2) is 9.78 Å². The predicted molar refractivity (Wildman–Crippen MR) is 127 cm³/mol. The van der Waals surface area contributed by atoms with Gasteiger partial charge in [0.05, 0.1) is 22.0 Å². The molecule has 0 spiro atoms. The molecule has 1 aliphatic carbocycles. The molecule has 34 heavy (non-hydrogen) atoms. The number of anilines is 1. The van der Waals surface area contributed by atoms with Gasteiger partial charge in [-0.05, 0) is 55.9 Å². The highest BCUT2D eigenvalue weighted by molar-refractivity contribution is 7.17. The average molecular weight is 481 g/mol. The number of nitrogens with two attached hydrogens (primary N) is 1. The summed E-state index contributed by atoms with van der Waals surface area (Å²) in [6.07, 6.45) is 6.27. The summed E-state index contributed by atoms with van der Waals surface area (Å²) >= 11 is 1.34. The zero-order chi connectivity index (χ0) is 23.8. The second kappa shape index (κ2) is 9.02. The molecule has 3 heterocycles. The van der Waals surface area contributed by atoms with Crippen LogP contribution >= 0.6 is 11.3 Å². The molecule has 2 amide bonds. The largest absolute Gasteiger partial charge is 0.452 e. The van der Waals surface area contributed by atoms with Crippen molar-refractivity contribution in [3.8, 4) is 0 Å². The number of fused-ring (bicyclic) bond motifs is 3. The lowest BCUT2D eigenvalue weighted by atomic mass is 10.1. The molecule has 0 saturated heterocycles. The SMILES string of the molecule is NC(=O)c1c(NC(=O)COC(=O)c2ccc3c(=O)n4c(nc3c2)CCCCC4)sc2c1CCC2. The van der Waals surface area contributed by atoms with Gasteiger partial charge in [-0.15, -0.1) is 11.3 Å². The second-order valence-electron chi connectivity index (χ2n) is 8.58. The molecule has 5 rings (SSSR count). The van der Waals surface area contributed by atoms with Crippen LogP contribution < -0.4 is 16.6 Å². The van der Waals surface area contributed by atoms with Crippen LogP contribution in [0.5, 0.6) is 0 Å². The van der Waals surface area contributed by atoms with Gasteiger partial charge in [0.15, 0.2) is 6.61 Å². The second-order valence-corrected chi connectivity index (χ2v) is 9.68. The first-order chi connectivity index (χ1) is 16.4. The first-order valence-corrected chi connectivity index (χ1v) is 12.2. The van der Waals surface area contributed by atoms with Crippen LogP contribution in [0.15, 0.2) is 23.0 Å². The molecular formula is C24H24N4O5S. The van der Waals surface area contributed by atoms with Gasteiger partial charge in [0.25, 0.3) is 17.4 Å². The smallest absolute Gasteiger partial charge is 0.338 e. The molecule has 3 aromatic rings. The number of thiophene rings is 1. The fourth-order valence-electron chi connectivity index (χ4n) is 4.68. The minimum atomic E-state index is -0.697. The zero-order valence-electron chi connectivity index (χ0n) is 18.5. The van der Waals surface area contributed by atoms with Crippen molar-refractivity contribution >= 4 is 45.0 Å². The molecule has 0 saturated carbocycles. The van der Waals surface area contributed by atoms with Crippen LogP contribution in [0.2, 0.25) is 0 Å². The van der Waals surface area contributed by atoms with Crippen molar-refractivity contribution in [2.24, 2.45) is 5.73 Å². The third-order valence-corrected chi connectivity index (χ3v) is 7.51. The van der Waals surface area contributed by atoms with E-state index in [1.54, 1.807) is 10.6 Å². The lowest BCUT2D eigenvalue weighted by Gasteiger charge is -2.11. The van der Waals surface area contributed by atoms with Crippen molar-refractivity contribution in [2.75, 3.05) is 11.9 Å². The molecule has 1 aromatic carbocycles. The van der Waals surface area contributed by atoms with Crippen LogP contribution in [0, 0.1) is 0 Å². The Kier molecular flexibility index (Phi) is 5.91. The summed E-state index contributed by atoms with van der Waals surface area (Å²) in [5.74, 6) is -1.10. The van der Waals surface area contributed by atoms with E-state index in [4.69, 9.17) is 10.5 Å². The van der Waals surface area contributed by atoms with E-state index in [-0.39, 0.29) is 11.1 Å². The fraction of sp³-hybridized carbons (Fsp3) is 0.375.